The van der Waals surface area contributed by atoms with Crippen LogP contribution in [0.2, 0.25) is 10.0 Å². The van der Waals surface area contributed by atoms with Gasteiger partial charge in [-0.1, -0.05) is 54.4 Å². The average Bonchev–Trinajstić information content (AvgIpc) is 2.71. The molecular formula is C21H24Cl2N2O3S. The largest absolute Gasteiger partial charge is 0.326 e. The second-order valence-electron chi connectivity index (χ2n) is 7.15. The summed E-state index contributed by atoms with van der Waals surface area (Å²) in [5.41, 5.74) is 2.22. The fourth-order valence-electron chi connectivity index (χ4n) is 3.54. The summed E-state index contributed by atoms with van der Waals surface area (Å²) in [7, 11) is -3.65. The van der Waals surface area contributed by atoms with Gasteiger partial charge in [-0.05, 0) is 43.0 Å². The summed E-state index contributed by atoms with van der Waals surface area (Å²) in [5, 5.41) is 3.61. The van der Waals surface area contributed by atoms with E-state index in [4.69, 9.17) is 23.2 Å². The normalized spacial score (nSPS) is 17.8. The van der Waals surface area contributed by atoms with Gasteiger partial charge in [0.25, 0.3) is 0 Å². The topological polar surface area (TPSA) is 66.5 Å². The predicted octanol–water partition coefficient (Wildman–Crippen LogP) is 4.74. The van der Waals surface area contributed by atoms with Gasteiger partial charge in [-0.25, -0.2) is 12.7 Å². The third-order valence-electron chi connectivity index (χ3n) is 5.19. The molecule has 1 aliphatic rings. The number of carbonyl (C=O) groups is 1. The third-order valence-corrected chi connectivity index (χ3v) is 7.67. The number of nitrogens with one attached hydrogen (secondary N) is 1. The molecule has 156 valence electrons. The highest BCUT2D eigenvalue weighted by molar-refractivity contribution is 7.88. The summed E-state index contributed by atoms with van der Waals surface area (Å²) >= 11 is 12.3. The number of halogens is 2. The summed E-state index contributed by atoms with van der Waals surface area (Å²) in [4.78, 5) is 12.8. The number of hydrogen-bond acceptors (Lipinski definition) is 3. The number of rotatable bonds is 6. The van der Waals surface area contributed by atoms with Crippen molar-refractivity contribution in [3.63, 3.8) is 0 Å². The predicted molar refractivity (Wildman–Crippen MR) is 118 cm³/mol. The van der Waals surface area contributed by atoms with E-state index in [9.17, 15) is 13.2 Å². The van der Waals surface area contributed by atoms with Crippen molar-refractivity contribution >= 4 is 44.8 Å². The summed E-state index contributed by atoms with van der Waals surface area (Å²) in [6, 6.07) is 12.6. The quantitative estimate of drug-likeness (QED) is 0.685. The number of para-hydroxylation sites is 1. The molecule has 1 saturated heterocycles. The van der Waals surface area contributed by atoms with Crippen LogP contribution < -0.4 is 5.32 Å². The van der Waals surface area contributed by atoms with Gasteiger partial charge in [0.1, 0.15) is 0 Å². The van der Waals surface area contributed by atoms with Crippen LogP contribution in [0.15, 0.2) is 42.5 Å². The van der Waals surface area contributed by atoms with Crippen molar-refractivity contribution in [1.82, 2.24) is 4.31 Å². The maximum absolute atomic E-state index is 13.0. The molecule has 3 rings (SSSR count). The molecule has 1 heterocycles. The molecule has 2 aromatic rings. The molecule has 29 heavy (non-hydrogen) atoms. The van der Waals surface area contributed by atoms with E-state index in [-0.39, 0.29) is 18.2 Å². The zero-order valence-corrected chi connectivity index (χ0v) is 18.5. The maximum atomic E-state index is 13.0. The number of piperidine rings is 1. The molecule has 2 aromatic carbocycles. The first-order chi connectivity index (χ1) is 13.8. The minimum absolute atomic E-state index is 0.151. The van der Waals surface area contributed by atoms with Crippen LogP contribution in [0.25, 0.3) is 0 Å². The summed E-state index contributed by atoms with van der Waals surface area (Å²) in [5.74, 6) is -0.829. The van der Waals surface area contributed by atoms with Crippen molar-refractivity contribution < 1.29 is 13.2 Å². The zero-order valence-electron chi connectivity index (χ0n) is 16.2. The average molecular weight is 455 g/mol. The Labute approximate surface area is 182 Å². The van der Waals surface area contributed by atoms with E-state index < -0.39 is 15.9 Å². The van der Waals surface area contributed by atoms with Crippen molar-refractivity contribution in [2.75, 3.05) is 18.4 Å². The zero-order chi connectivity index (χ0) is 21.0. The number of carbonyl (C=O) groups excluding carboxylic acids is 1. The highest BCUT2D eigenvalue weighted by Gasteiger charge is 2.33. The fourth-order valence-corrected chi connectivity index (χ4v) is 5.90. The van der Waals surface area contributed by atoms with Gasteiger partial charge in [0, 0.05) is 34.4 Å². The second-order valence-corrected chi connectivity index (χ2v) is 9.94. The molecule has 1 aliphatic heterocycles. The lowest BCUT2D eigenvalue weighted by atomic mass is 9.98. The van der Waals surface area contributed by atoms with E-state index in [1.807, 2.05) is 31.2 Å². The Hall–Kier alpha value is -1.60. The number of amides is 1. The number of hydrogen-bond donors (Lipinski definition) is 1. The first-order valence-corrected chi connectivity index (χ1v) is 12.0. The summed E-state index contributed by atoms with van der Waals surface area (Å²) < 4.78 is 27.3. The van der Waals surface area contributed by atoms with Gasteiger partial charge in [0.05, 0.1) is 11.7 Å². The molecular weight excluding hydrogens is 431 g/mol. The first-order valence-electron chi connectivity index (χ1n) is 9.61. The smallest absolute Gasteiger partial charge is 0.228 e. The van der Waals surface area contributed by atoms with E-state index >= 15 is 0 Å². The van der Waals surface area contributed by atoms with Gasteiger partial charge in [-0.3, -0.25) is 4.79 Å². The molecule has 0 bridgehead atoms. The lowest BCUT2D eigenvalue weighted by molar-refractivity contribution is -0.120. The van der Waals surface area contributed by atoms with Crippen molar-refractivity contribution in [1.29, 1.82) is 0 Å². The van der Waals surface area contributed by atoms with Crippen LogP contribution in [-0.4, -0.2) is 31.7 Å². The van der Waals surface area contributed by atoms with Crippen molar-refractivity contribution in [2.45, 2.75) is 31.9 Å². The number of sulfonamides is 1. The van der Waals surface area contributed by atoms with Gasteiger partial charge in [-0.15, -0.1) is 0 Å². The maximum Gasteiger partial charge on any atom is 0.228 e. The highest BCUT2D eigenvalue weighted by Crippen LogP contribution is 2.29. The Morgan fingerprint density at radius 3 is 2.52 bits per heavy atom. The van der Waals surface area contributed by atoms with Gasteiger partial charge in [0.15, 0.2) is 0 Å². The van der Waals surface area contributed by atoms with Crippen molar-refractivity contribution in [3.05, 3.63) is 63.6 Å². The molecule has 1 atom stereocenters. The van der Waals surface area contributed by atoms with Crippen LogP contribution in [0, 0.1) is 5.92 Å². The van der Waals surface area contributed by atoms with Gasteiger partial charge >= 0.3 is 0 Å². The molecule has 1 N–H and O–H groups in total. The van der Waals surface area contributed by atoms with Crippen LogP contribution in [0.3, 0.4) is 0 Å². The number of aryl methyl sites for hydroxylation is 1. The summed E-state index contributed by atoms with van der Waals surface area (Å²) in [6.45, 7) is 2.57. The van der Waals surface area contributed by atoms with Crippen LogP contribution in [0.1, 0.15) is 30.9 Å². The minimum Gasteiger partial charge on any atom is -0.326 e. The Morgan fingerprint density at radius 2 is 1.83 bits per heavy atom. The Kier molecular flexibility index (Phi) is 7.22. The van der Waals surface area contributed by atoms with Gasteiger partial charge in [-0.2, -0.15) is 0 Å². The molecule has 8 heteroatoms. The van der Waals surface area contributed by atoms with E-state index in [0.29, 0.717) is 35.0 Å². The molecule has 0 spiro atoms. The van der Waals surface area contributed by atoms with E-state index in [2.05, 4.69) is 5.32 Å². The molecule has 0 aromatic heterocycles. The number of benzene rings is 2. The Balaban J connectivity index is 1.72. The van der Waals surface area contributed by atoms with Crippen LogP contribution in [0.4, 0.5) is 5.69 Å². The Bertz CT molecular complexity index is 975. The SMILES string of the molecule is CCc1ccccc1NC(=O)C1CCCN(S(=O)(=O)Cc2c(Cl)cccc2Cl)C1. The van der Waals surface area contributed by atoms with Gasteiger partial charge < -0.3 is 5.32 Å². The minimum atomic E-state index is -3.65. The number of nitrogens with zero attached hydrogens (tertiary/aromatic N) is 1. The summed E-state index contributed by atoms with van der Waals surface area (Å²) in [6.07, 6.45) is 2.09. The lowest BCUT2D eigenvalue weighted by Crippen LogP contribution is -2.44. The van der Waals surface area contributed by atoms with Crippen molar-refractivity contribution in [3.8, 4) is 0 Å². The fraction of sp³-hybridized carbons (Fsp3) is 0.381. The highest BCUT2D eigenvalue weighted by atomic mass is 35.5. The monoisotopic (exact) mass is 454 g/mol. The molecule has 1 fully saturated rings. The second kappa shape index (κ2) is 9.47. The molecule has 1 unspecified atom stereocenters. The van der Waals surface area contributed by atoms with Crippen LogP contribution >= 0.6 is 23.2 Å². The molecule has 0 radical (unpaired) electrons. The Morgan fingerprint density at radius 1 is 1.14 bits per heavy atom. The molecule has 5 nitrogen and oxygen atoms in total. The third kappa shape index (κ3) is 5.31. The molecule has 0 aliphatic carbocycles. The molecule has 1 amide bonds. The van der Waals surface area contributed by atoms with E-state index in [1.165, 1.54) is 4.31 Å². The number of anilines is 1. The first kappa shape index (κ1) is 22.1. The molecule has 0 saturated carbocycles. The lowest BCUT2D eigenvalue weighted by Gasteiger charge is -2.31. The van der Waals surface area contributed by atoms with Crippen LogP contribution in [-0.2, 0) is 27.0 Å². The van der Waals surface area contributed by atoms with E-state index in [1.54, 1.807) is 18.2 Å². The van der Waals surface area contributed by atoms with Crippen LogP contribution in [0.5, 0.6) is 0 Å². The standard InChI is InChI=1S/C21H24Cl2N2O3S/c1-2-15-7-3-4-11-20(15)24-21(26)16-8-6-12-25(13-16)29(27,28)14-17-18(22)9-5-10-19(17)23/h3-5,7,9-11,16H,2,6,8,12-14H2,1H3,(H,24,26). The van der Waals surface area contributed by atoms with Gasteiger partial charge in [0.2, 0.25) is 15.9 Å². The van der Waals surface area contributed by atoms with E-state index in [0.717, 1.165) is 17.7 Å². The van der Waals surface area contributed by atoms with Crippen molar-refractivity contribution in [2.24, 2.45) is 5.92 Å².